The molecule has 0 radical (unpaired) electrons. The number of halogens is 1. The molecule has 1 amide bonds. The van der Waals surface area contributed by atoms with Crippen LogP contribution < -0.4 is 10.6 Å². The Bertz CT molecular complexity index is 912. The van der Waals surface area contributed by atoms with Crippen molar-refractivity contribution in [3.8, 4) is 0 Å². The van der Waals surface area contributed by atoms with Gasteiger partial charge in [0.15, 0.2) is 0 Å². The van der Waals surface area contributed by atoms with Crippen molar-refractivity contribution >= 4 is 23.5 Å². The Morgan fingerprint density at radius 2 is 1.85 bits per heavy atom. The van der Waals surface area contributed by atoms with Gasteiger partial charge in [0.2, 0.25) is 5.95 Å². The first-order valence-electron chi connectivity index (χ1n) is 8.76. The van der Waals surface area contributed by atoms with Crippen LogP contribution in [0.3, 0.4) is 0 Å². The highest BCUT2D eigenvalue weighted by Gasteiger charge is 2.08. The summed E-state index contributed by atoms with van der Waals surface area (Å²) < 4.78 is 0. The van der Waals surface area contributed by atoms with Crippen molar-refractivity contribution in [3.63, 3.8) is 0 Å². The lowest BCUT2D eigenvalue weighted by molar-refractivity contribution is 0.0949. The van der Waals surface area contributed by atoms with E-state index in [4.69, 9.17) is 11.6 Å². The minimum absolute atomic E-state index is 0.217. The van der Waals surface area contributed by atoms with Crippen molar-refractivity contribution in [2.24, 2.45) is 0 Å². The summed E-state index contributed by atoms with van der Waals surface area (Å²) in [7, 11) is 0. The topological polar surface area (TPSA) is 66.9 Å². The summed E-state index contributed by atoms with van der Waals surface area (Å²) in [6.07, 6.45) is 2.31. The van der Waals surface area contributed by atoms with Gasteiger partial charge in [-0.15, -0.1) is 0 Å². The fourth-order valence-corrected chi connectivity index (χ4v) is 2.74. The van der Waals surface area contributed by atoms with Crippen molar-refractivity contribution in [1.82, 2.24) is 15.3 Å². The largest absolute Gasteiger partial charge is 0.350 e. The van der Waals surface area contributed by atoms with Crippen LogP contribution in [0.15, 0.2) is 60.8 Å². The molecule has 0 spiro atoms. The number of aryl methyl sites for hydroxylation is 1. The Hall–Kier alpha value is -2.92. The summed E-state index contributed by atoms with van der Waals surface area (Å²) in [5, 5.41) is 6.75. The summed E-state index contributed by atoms with van der Waals surface area (Å²) in [6, 6.07) is 17.3. The lowest BCUT2D eigenvalue weighted by Gasteiger charge is -2.09. The van der Waals surface area contributed by atoms with Crippen LogP contribution in [0.1, 0.15) is 27.2 Å². The zero-order chi connectivity index (χ0) is 19.1. The molecule has 0 unspecified atom stereocenters. The molecule has 0 bridgehead atoms. The standard InChI is InChI=1S/C21H21ClN4O/c1-15-4-2-3-5-17(15)14-25-21-24-13-11-19(26-21)20(27)23-12-10-16-6-8-18(22)9-7-16/h2-9,11,13H,10,12,14H2,1H3,(H,23,27)(H,24,25,26). The van der Waals surface area contributed by atoms with E-state index in [9.17, 15) is 4.79 Å². The molecule has 0 saturated carbocycles. The molecule has 0 atom stereocenters. The van der Waals surface area contributed by atoms with Crippen LogP contribution in [-0.4, -0.2) is 22.4 Å². The summed E-state index contributed by atoms with van der Waals surface area (Å²) in [6.45, 7) is 3.19. The Morgan fingerprint density at radius 3 is 2.63 bits per heavy atom. The van der Waals surface area contributed by atoms with Crippen LogP contribution >= 0.6 is 11.6 Å². The van der Waals surface area contributed by atoms with Gasteiger partial charge < -0.3 is 10.6 Å². The third kappa shape index (κ3) is 5.53. The highest BCUT2D eigenvalue weighted by Crippen LogP contribution is 2.10. The van der Waals surface area contributed by atoms with Crippen LogP contribution in [0.25, 0.3) is 0 Å². The molecule has 0 aliphatic heterocycles. The van der Waals surface area contributed by atoms with Gasteiger partial charge in [0.25, 0.3) is 5.91 Å². The first-order chi connectivity index (χ1) is 13.1. The van der Waals surface area contributed by atoms with Crippen LogP contribution in [0, 0.1) is 6.92 Å². The number of rotatable bonds is 7. The van der Waals surface area contributed by atoms with Gasteiger partial charge in [0, 0.05) is 24.3 Å². The molecule has 27 heavy (non-hydrogen) atoms. The number of anilines is 1. The molecule has 0 aliphatic carbocycles. The van der Waals surface area contributed by atoms with Gasteiger partial charge in [-0.3, -0.25) is 4.79 Å². The third-order valence-electron chi connectivity index (χ3n) is 4.20. The fourth-order valence-electron chi connectivity index (χ4n) is 2.62. The Labute approximate surface area is 163 Å². The molecule has 0 fully saturated rings. The first-order valence-corrected chi connectivity index (χ1v) is 9.14. The predicted octanol–water partition coefficient (Wildman–Crippen LogP) is 4.02. The lowest BCUT2D eigenvalue weighted by atomic mass is 10.1. The van der Waals surface area contributed by atoms with E-state index in [1.807, 2.05) is 36.4 Å². The number of benzene rings is 2. The van der Waals surface area contributed by atoms with Crippen molar-refractivity contribution in [2.45, 2.75) is 19.9 Å². The number of hydrogen-bond acceptors (Lipinski definition) is 4. The number of hydrogen-bond donors (Lipinski definition) is 2. The van der Waals surface area contributed by atoms with Crippen molar-refractivity contribution in [3.05, 3.63) is 88.2 Å². The van der Waals surface area contributed by atoms with E-state index in [0.29, 0.717) is 29.8 Å². The fraction of sp³-hybridized carbons (Fsp3) is 0.190. The van der Waals surface area contributed by atoms with Crippen LogP contribution in [0.5, 0.6) is 0 Å². The Balaban J connectivity index is 1.53. The second-order valence-corrected chi connectivity index (χ2v) is 6.61. The second-order valence-electron chi connectivity index (χ2n) is 6.18. The number of carbonyl (C=O) groups excluding carboxylic acids is 1. The summed E-state index contributed by atoms with van der Waals surface area (Å²) in [4.78, 5) is 20.8. The molecule has 3 aromatic rings. The number of amides is 1. The lowest BCUT2D eigenvalue weighted by Crippen LogP contribution is -2.26. The molecule has 0 aliphatic rings. The monoisotopic (exact) mass is 380 g/mol. The van der Waals surface area contributed by atoms with E-state index < -0.39 is 0 Å². The molecule has 1 aromatic heterocycles. The number of nitrogens with zero attached hydrogens (tertiary/aromatic N) is 2. The highest BCUT2D eigenvalue weighted by molar-refractivity contribution is 6.30. The number of aromatic nitrogens is 2. The maximum Gasteiger partial charge on any atom is 0.270 e. The molecule has 138 valence electrons. The smallest absolute Gasteiger partial charge is 0.270 e. The molecular formula is C21H21ClN4O. The minimum atomic E-state index is -0.217. The van der Waals surface area contributed by atoms with E-state index in [0.717, 1.165) is 12.0 Å². The van der Waals surface area contributed by atoms with E-state index in [1.54, 1.807) is 12.3 Å². The second kappa shape index (κ2) is 9.14. The average molecular weight is 381 g/mol. The average Bonchev–Trinajstić information content (AvgIpc) is 2.69. The predicted molar refractivity (Wildman–Crippen MR) is 108 cm³/mol. The maximum absolute atomic E-state index is 12.3. The van der Waals surface area contributed by atoms with Crippen LogP contribution in [0.2, 0.25) is 5.02 Å². The normalized spacial score (nSPS) is 10.4. The van der Waals surface area contributed by atoms with Crippen LogP contribution in [-0.2, 0) is 13.0 Å². The summed E-state index contributed by atoms with van der Waals surface area (Å²) in [5.41, 5.74) is 3.82. The van der Waals surface area contributed by atoms with E-state index in [-0.39, 0.29) is 5.91 Å². The van der Waals surface area contributed by atoms with E-state index >= 15 is 0 Å². The van der Waals surface area contributed by atoms with Gasteiger partial charge in [0.1, 0.15) is 5.69 Å². The molecule has 5 nitrogen and oxygen atoms in total. The van der Waals surface area contributed by atoms with Crippen molar-refractivity contribution in [2.75, 3.05) is 11.9 Å². The molecule has 1 heterocycles. The van der Waals surface area contributed by atoms with E-state index in [2.05, 4.69) is 39.7 Å². The maximum atomic E-state index is 12.3. The van der Waals surface area contributed by atoms with Crippen LogP contribution in [0.4, 0.5) is 5.95 Å². The summed E-state index contributed by atoms with van der Waals surface area (Å²) >= 11 is 5.87. The Morgan fingerprint density at radius 1 is 1.07 bits per heavy atom. The van der Waals surface area contributed by atoms with E-state index in [1.165, 1.54) is 11.1 Å². The van der Waals surface area contributed by atoms with Gasteiger partial charge in [-0.1, -0.05) is 48.0 Å². The Kier molecular flexibility index (Phi) is 6.39. The van der Waals surface area contributed by atoms with Crippen molar-refractivity contribution in [1.29, 1.82) is 0 Å². The van der Waals surface area contributed by atoms with Gasteiger partial charge in [0.05, 0.1) is 0 Å². The van der Waals surface area contributed by atoms with Crippen molar-refractivity contribution < 1.29 is 4.79 Å². The first kappa shape index (κ1) is 18.9. The van der Waals surface area contributed by atoms with Gasteiger partial charge >= 0.3 is 0 Å². The molecule has 6 heteroatoms. The number of carbonyl (C=O) groups is 1. The molecule has 2 aromatic carbocycles. The zero-order valence-electron chi connectivity index (χ0n) is 15.1. The minimum Gasteiger partial charge on any atom is -0.350 e. The quantitative estimate of drug-likeness (QED) is 0.649. The highest BCUT2D eigenvalue weighted by atomic mass is 35.5. The SMILES string of the molecule is Cc1ccccc1CNc1nccc(C(=O)NCCc2ccc(Cl)cc2)n1. The van der Waals surface area contributed by atoms with Gasteiger partial charge in [-0.2, -0.15) is 0 Å². The number of nitrogens with one attached hydrogen (secondary N) is 2. The molecular weight excluding hydrogens is 360 g/mol. The molecule has 0 saturated heterocycles. The third-order valence-corrected chi connectivity index (χ3v) is 4.45. The van der Waals surface area contributed by atoms with Gasteiger partial charge in [-0.05, 0) is 48.2 Å². The summed E-state index contributed by atoms with van der Waals surface area (Å²) in [5.74, 6) is 0.217. The zero-order valence-corrected chi connectivity index (χ0v) is 15.8. The molecule has 3 rings (SSSR count). The van der Waals surface area contributed by atoms with Gasteiger partial charge in [-0.25, -0.2) is 9.97 Å². The molecule has 2 N–H and O–H groups in total.